The molecule has 0 radical (unpaired) electrons. The molecule has 3 aromatic heterocycles. The van der Waals surface area contributed by atoms with Crippen molar-refractivity contribution in [3.8, 4) is 0 Å². The average molecular weight is 550 g/mol. The van der Waals surface area contributed by atoms with E-state index in [1.807, 2.05) is 38.4 Å². The summed E-state index contributed by atoms with van der Waals surface area (Å²) in [5.41, 5.74) is 11.1. The summed E-state index contributed by atoms with van der Waals surface area (Å²) in [4.78, 5) is 18.3. The maximum atomic E-state index is 12.3. The van der Waals surface area contributed by atoms with Crippen molar-refractivity contribution in [2.24, 2.45) is 5.92 Å². The number of amides is 1. The molecule has 9 nitrogen and oxygen atoms in total. The van der Waals surface area contributed by atoms with Gasteiger partial charge >= 0.3 is 6.09 Å². The molecule has 0 atom stereocenters. The Labute approximate surface area is 238 Å². The molecule has 9 heteroatoms. The van der Waals surface area contributed by atoms with Gasteiger partial charge in [0.15, 0.2) is 5.82 Å². The lowest BCUT2D eigenvalue weighted by Gasteiger charge is -2.33. The van der Waals surface area contributed by atoms with Gasteiger partial charge in [-0.25, -0.2) is 14.3 Å². The van der Waals surface area contributed by atoms with E-state index in [-0.39, 0.29) is 6.09 Å². The van der Waals surface area contributed by atoms with Gasteiger partial charge in [-0.05, 0) is 90.3 Å². The average Bonchev–Trinajstić information content (AvgIpc) is 3.52. The molecule has 0 aromatic carbocycles. The van der Waals surface area contributed by atoms with Gasteiger partial charge in [0.25, 0.3) is 0 Å². The Morgan fingerprint density at radius 2 is 1.82 bits per heavy atom. The summed E-state index contributed by atoms with van der Waals surface area (Å²) in [5, 5.41) is 8.78. The highest BCUT2D eigenvalue weighted by Gasteiger charge is 2.30. The molecule has 218 valence electrons. The van der Waals surface area contributed by atoms with Crippen molar-refractivity contribution >= 4 is 23.0 Å². The summed E-state index contributed by atoms with van der Waals surface area (Å²) in [6.45, 7) is 14.3. The molecule has 40 heavy (non-hydrogen) atoms. The number of rotatable bonds is 4. The Morgan fingerprint density at radius 3 is 2.42 bits per heavy atom. The maximum Gasteiger partial charge on any atom is 0.410 e. The summed E-state index contributed by atoms with van der Waals surface area (Å²) in [5.74, 6) is 1.68. The first-order valence-corrected chi connectivity index (χ1v) is 14.8. The zero-order valence-corrected chi connectivity index (χ0v) is 25.2. The zero-order chi connectivity index (χ0) is 28.9. The first-order valence-electron chi connectivity index (χ1n) is 14.8. The van der Waals surface area contributed by atoms with Gasteiger partial charge in [0.2, 0.25) is 0 Å². The Hall–Kier alpha value is -3.36. The number of anilines is 1. The SMILES string of the molecule is C/C=C(\C)c1cc(C2CCN(C(=O)OC(C)(C)C)CC2)n2ncnc(N)c12.Cc1cnn(CC2CCCCC2)c1. The summed E-state index contributed by atoms with van der Waals surface area (Å²) < 4.78 is 9.51. The summed E-state index contributed by atoms with van der Waals surface area (Å²) >= 11 is 0. The number of hydrogen-bond acceptors (Lipinski definition) is 6. The number of carbonyl (C=O) groups is 1. The van der Waals surface area contributed by atoms with E-state index >= 15 is 0 Å². The molecule has 2 aliphatic rings. The molecule has 5 rings (SSSR count). The van der Waals surface area contributed by atoms with Crippen molar-refractivity contribution in [1.29, 1.82) is 0 Å². The summed E-state index contributed by atoms with van der Waals surface area (Å²) in [6, 6.07) is 2.17. The third-order valence-electron chi connectivity index (χ3n) is 7.97. The van der Waals surface area contributed by atoms with Crippen molar-refractivity contribution in [2.75, 3.05) is 18.8 Å². The second kappa shape index (κ2) is 12.9. The van der Waals surface area contributed by atoms with Crippen molar-refractivity contribution in [3.05, 3.63) is 47.7 Å². The molecule has 2 N–H and O–H groups in total. The largest absolute Gasteiger partial charge is 0.444 e. The van der Waals surface area contributed by atoms with E-state index in [1.54, 1.807) is 4.90 Å². The van der Waals surface area contributed by atoms with Crippen LogP contribution in [-0.2, 0) is 11.3 Å². The van der Waals surface area contributed by atoms with Crippen LogP contribution in [0.2, 0.25) is 0 Å². The van der Waals surface area contributed by atoms with Gasteiger partial charge < -0.3 is 15.4 Å². The monoisotopic (exact) mass is 549 g/mol. The van der Waals surface area contributed by atoms with E-state index in [4.69, 9.17) is 10.5 Å². The van der Waals surface area contributed by atoms with Crippen molar-refractivity contribution in [2.45, 2.75) is 105 Å². The van der Waals surface area contributed by atoms with Crippen LogP contribution in [0, 0.1) is 12.8 Å². The van der Waals surface area contributed by atoms with Crippen molar-refractivity contribution in [3.63, 3.8) is 0 Å². The van der Waals surface area contributed by atoms with E-state index < -0.39 is 5.60 Å². The van der Waals surface area contributed by atoms with Crippen LogP contribution in [0.1, 0.15) is 102 Å². The number of nitrogens with zero attached hydrogens (tertiary/aromatic N) is 6. The van der Waals surface area contributed by atoms with Crippen LogP contribution in [0.4, 0.5) is 10.6 Å². The predicted octanol–water partition coefficient (Wildman–Crippen LogP) is 6.62. The number of likely N-dealkylation sites (tertiary alicyclic amines) is 1. The van der Waals surface area contributed by atoms with E-state index in [0.717, 1.165) is 47.7 Å². The number of aryl methyl sites for hydroxylation is 1. The minimum Gasteiger partial charge on any atom is -0.444 e. The van der Waals surface area contributed by atoms with Crippen molar-refractivity contribution in [1.82, 2.24) is 29.3 Å². The molecule has 1 aliphatic heterocycles. The van der Waals surface area contributed by atoms with Crippen molar-refractivity contribution < 1.29 is 9.53 Å². The molecule has 4 heterocycles. The molecule has 0 spiro atoms. The first-order chi connectivity index (χ1) is 19.1. The second-order valence-corrected chi connectivity index (χ2v) is 12.3. The molecule has 3 aromatic rings. The highest BCUT2D eigenvalue weighted by Crippen LogP contribution is 2.35. The number of piperidine rings is 1. The second-order valence-electron chi connectivity index (χ2n) is 12.3. The van der Waals surface area contributed by atoms with Crippen LogP contribution < -0.4 is 5.73 Å². The Morgan fingerprint density at radius 1 is 1.12 bits per heavy atom. The van der Waals surface area contributed by atoms with Gasteiger partial charge in [0, 0.05) is 43.0 Å². The first kappa shape index (κ1) is 29.6. The highest BCUT2D eigenvalue weighted by atomic mass is 16.6. The predicted molar refractivity (Wildman–Crippen MR) is 160 cm³/mol. The van der Waals surface area contributed by atoms with E-state index in [2.05, 4.69) is 52.0 Å². The lowest BCUT2D eigenvalue weighted by atomic mass is 9.89. The number of aromatic nitrogens is 5. The number of fused-ring (bicyclic) bond motifs is 1. The third-order valence-corrected chi connectivity index (χ3v) is 7.97. The Kier molecular flexibility index (Phi) is 9.53. The minimum atomic E-state index is -0.473. The minimum absolute atomic E-state index is 0.238. The molecular formula is C31H47N7O2. The number of allylic oxidation sites excluding steroid dienone is 2. The highest BCUT2D eigenvalue weighted by molar-refractivity contribution is 5.84. The standard InChI is InChI=1S/C20H29N5O2.C11H18N2/c1-6-13(2)15-11-16(25-17(15)18(21)22-12-23-25)14-7-9-24(10-8-14)19(26)27-20(3,4)5;1-10-7-12-13(8-10)9-11-5-3-2-4-6-11/h6,11-12,14H,7-10H2,1-5H3,(H2,21,22,23);7-8,11H,2-6,9H2,1H3/b13-6+;. The van der Waals surface area contributed by atoms with Crippen LogP contribution in [-0.4, -0.2) is 54.1 Å². The Bertz CT molecular complexity index is 1300. The van der Waals surface area contributed by atoms with Crippen LogP contribution in [0.15, 0.2) is 30.9 Å². The zero-order valence-electron chi connectivity index (χ0n) is 25.2. The van der Waals surface area contributed by atoms with E-state index in [1.165, 1.54) is 44.0 Å². The van der Waals surface area contributed by atoms with E-state index in [0.29, 0.717) is 24.8 Å². The summed E-state index contributed by atoms with van der Waals surface area (Å²) in [6.07, 6.45) is 16.2. The smallest absolute Gasteiger partial charge is 0.410 e. The van der Waals surface area contributed by atoms with Crippen LogP contribution in [0.5, 0.6) is 0 Å². The molecule has 0 unspecified atom stereocenters. The molecular weight excluding hydrogens is 502 g/mol. The van der Waals surface area contributed by atoms with Gasteiger partial charge in [-0.2, -0.15) is 10.2 Å². The summed E-state index contributed by atoms with van der Waals surface area (Å²) in [7, 11) is 0. The fourth-order valence-corrected chi connectivity index (χ4v) is 5.72. The lowest BCUT2D eigenvalue weighted by molar-refractivity contribution is 0.0203. The maximum absolute atomic E-state index is 12.3. The molecule has 1 amide bonds. The third kappa shape index (κ3) is 7.43. The van der Waals surface area contributed by atoms with Gasteiger partial charge in [-0.3, -0.25) is 4.68 Å². The quantitative estimate of drug-likeness (QED) is 0.392. The van der Waals surface area contributed by atoms with E-state index in [9.17, 15) is 4.79 Å². The Balaban J connectivity index is 0.000000236. The van der Waals surface area contributed by atoms with Gasteiger partial charge in [-0.1, -0.05) is 25.3 Å². The lowest BCUT2D eigenvalue weighted by Crippen LogP contribution is -2.41. The number of hydrogen-bond donors (Lipinski definition) is 1. The number of nitrogens with two attached hydrogens (primary N) is 1. The normalized spacial score (nSPS) is 17.6. The number of carbonyl (C=O) groups excluding carboxylic acids is 1. The fourth-order valence-electron chi connectivity index (χ4n) is 5.72. The van der Waals surface area contributed by atoms with Crippen LogP contribution >= 0.6 is 0 Å². The van der Waals surface area contributed by atoms with Crippen LogP contribution in [0.25, 0.3) is 11.1 Å². The molecule has 1 saturated carbocycles. The van der Waals surface area contributed by atoms with Gasteiger partial charge in [0.1, 0.15) is 17.4 Å². The number of nitrogen functional groups attached to an aromatic ring is 1. The van der Waals surface area contributed by atoms with Gasteiger partial charge in [-0.15, -0.1) is 0 Å². The molecule has 0 bridgehead atoms. The van der Waals surface area contributed by atoms with Crippen LogP contribution in [0.3, 0.4) is 0 Å². The number of ether oxygens (including phenoxy) is 1. The molecule has 1 saturated heterocycles. The topological polar surface area (TPSA) is 104 Å². The molecule has 1 aliphatic carbocycles. The van der Waals surface area contributed by atoms with Gasteiger partial charge in [0.05, 0.1) is 6.20 Å². The molecule has 2 fully saturated rings. The fraction of sp³-hybridized carbons (Fsp3) is 0.613.